The first kappa shape index (κ1) is 15.2. The van der Waals surface area contributed by atoms with Crippen LogP contribution in [-0.2, 0) is 6.54 Å². The number of benzene rings is 1. The highest BCUT2D eigenvalue weighted by atomic mass is 16.5. The number of methoxy groups -OCH3 is 1. The van der Waals surface area contributed by atoms with Crippen molar-refractivity contribution < 1.29 is 15.0 Å². The Morgan fingerprint density at radius 1 is 1.38 bits per heavy atom. The van der Waals surface area contributed by atoms with Crippen molar-refractivity contribution in [2.45, 2.75) is 6.54 Å². The molecule has 1 aromatic carbocycles. The molecule has 7 nitrogen and oxygen atoms in total. The van der Waals surface area contributed by atoms with Gasteiger partial charge in [-0.15, -0.1) is 0 Å². The number of aromatic nitrogens is 3. The van der Waals surface area contributed by atoms with Crippen molar-refractivity contribution in [1.82, 2.24) is 14.5 Å². The fraction of sp³-hybridized carbons (Fsp3) is 0.412. The molecule has 4 rings (SSSR count). The van der Waals surface area contributed by atoms with Crippen LogP contribution in [0.25, 0.3) is 21.9 Å². The number of quaternary nitrogens is 2. The summed E-state index contributed by atoms with van der Waals surface area (Å²) in [6.45, 7) is 6.34. The van der Waals surface area contributed by atoms with Crippen LogP contribution in [-0.4, -0.2) is 54.4 Å². The molecule has 0 spiro atoms. The largest absolute Gasteiger partial charge is 0.497 e. The van der Waals surface area contributed by atoms with E-state index in [1.807, 2.05) is 18.2 Å². The maximum atomic E-state index is 12.8. The highest BCUT2D eigenvalue weighted by Gasteiger charge is 2.16. The van der Waals surface area contributed by atoms with Crippen LogP contribution in [0, 0.1) is 0 Å². The fourth-order valence-electron chi connectivity index (χ4n) is 3.47. The molecule has 0 bridgehead atoms. The Morgan fingerprint density at radius 3 is 3.00 bits per heavy atom. The molecule has 2 aromatic heterocycles. The van der Waals surface area contributed by atoms with E-state index in [-0.39, 0.29) is 5.56 Å². The number of fused-ring (bicyclic) bond motifs is 3. The number of hydrogen-bond donors (Lipinski definition) is 3. The van der Waals surface area contributed by atoms with E-state index < -0.39 is 0 Å². The average molecular weight is 329 g/mol. The highest BCUT2D eigenvalue weighted by molar-refractivity contribution is 6.04. The fourth-order valence-corrected chi connectivity index (χ4v) is 3.47. The second-order valence-electron chi connectivity index (χ2n) is 6.37. The summed E-state index contributed by atoms with van der Waals surface area (Å²) in [6, 6.07) is 5.72. The zero-order valence-electron chi connectivity index (χ0n) is 13.8. The molecule has 0 amide bonds. The summed E-state index contributed by atoms with van der Waals surface area (Å²) in [6.07, 6.45) is 1.67. The number of hydrogen-bond acceptors (Lipinski definition) is 3. The number of nitrogens with zero attached hydrogens (tertiary/aromatic N) is 2. The topological polar surface area (TPSA) is 81.0 Å². The zero-order valence-corrected chi connectivity index (χ0v) is 13.8. The van der Waals surface area contributed by atoms with Crippen molar-refractivity contribution in [1.29, 1.82) is 0 Å². The maximum absolute atomic E-state index is 12.8. The van der Waals surface area contributed by atoms with E-state index in [0.29, 0.717) is 17.6 Å². The Morgan fingerprint density at radius 2 is 2.21 bits per heavy atom. The van der Waals surface area contributed by atoms with Gasteiger partial charge in [0.05, 0.1) is 26.5 Å². The van der Waals surface area contributed by atoms with Gasteiger partial charge in [0.2, 0.25) is 0 Å². The van der Waals surface area contributed by atoms with E-state index in [2.05, 4.69) is 15.3 Å². The Balaban J connectivity index is 1.67. The molecule has 7 heteroatoms. The Hall–Kier alpha value is -2.38. The lowest BCUT2D eigenvalue weighted by Crippen LogP contribution is -3.20. The Labute approximate surface area is 139 Å². The second kappa shape index (κ2) is 6.26. The normalized spacial score (nSPS) is 16.0. The standard InChI is InChI=1S/C17H21N5O2/c1-24-12-2-3-14-13(10-12)15-16(20-14)17(23)22(11-19-15)9-8-21-6-4-18-5-7-21/h2-3,10-11,18,20H,4-9H2,1H3/p+2. The molecule has 1 fully saturated rings. The molecule has 0 aliphatic carbocycles. The van der Waals surface area contributed by atoms with Gasteiger partial charge in [-0.3, -0.25) is 9.36 Å². The molecule has 24 heavy (non-hydrogen) atoms. The first-order valence-electron chi connectivity index (χ1n) is 8.46. The van der Waals surface area contributed by atoms with Crippen molar-refractivity contribution in [3.05, 3.63) is 34.9 Å². The first-order valence-corrected chi connectivity index (χ1v) is 8.46. The lowest BCUT2D eigenvalue weighted by Gasteiger charge is -2.22. The van der Waals surface area contributed by atoms with Crippen LogP contribution in [0.5, 0.6) is 5.75 Å². The van der Waals surface area contributed by atoms with E-state index in [4.69, 9.17) is 4.74 Å². The summed E-state index contributed by atoms with van der Waals surface area (Å²) in [5.74, 6) is 0.764. The van der Waals surface area contributed by atoms with Crippen LogP contribution in [0.4, 0.5) is 0 Å². The molecule has 0 saturated carbocycles. The first-order chi connectivity index (χ1) is 11.8. The number of ether oxygens (including phenoxy) is 1. The zero-order chi connectivity index (χ0) is 16.5. The number of piperazine rings is 1. The summed E-state index contributed by atoms with van der Waals surface area (Å²) >= 11 is 0. The predicted octanol–water partition coefficient (Wildman–Crippen LogP) is -1.65. The van der Waals surface area contributed by atoms with Gasteiger partial charge in [0, 0.05) is 10.9 Å². The molecule has 0 unspecified atom stereocenters. The third-order valence-electron chi connectivity index (χ3n) is 4.89. The summed E-state index contributed by atoms with van der Waals surface area (Å²) in [7, 11) is 1.64. The molecule has 126 valence electrons. The number of aromatic amines is 1. The van der Waals surface area contributed by atoms with Crippen molar-refractivity contribution in [2.75, 3.05) is 39.8 Å². The monoisotopic (exact) mass is 329 g/mol. The number of rotatable bonds is 4. The SMILES string of the molecule is COc1ccc2[nH]c3c(=O)n(CC[NH+]4CC[NH2+]CC4)cnc3c2c1. The Bertz CT molecular complexity index is 924. The minimum atomic E-state index is -0.00172. The Kier molecular flexibility index (Phi) is 3.95. The van der Waals surface area contributed by atoms with E-state index in [1.54, 1.807) is 22.9 Å². The molecule has 1 aliphatic heterocycles. The van der Waals surface area contributed by atoms with Crippen molar-refractivity contribution in [2.24, 2.45) is 0 Å². The molecule has 0 atom stereocenters. The van der Waals surface area contributed by atoms with E-state index in [0.717, 1.165) is 36.3 Å². The maximum Gasteiger partial charge on any atom is 0.277 e. The molecular weight excluding hydrogens is 306 g/mol. The van der Waals surface area contributed by atoms with Crippen LogP contribution in [0.3, 0.4) is 0 Å². The predicted molar refractivity (Wildman–Crippen MR) is 91.6 cm³/mol. The lowest BCUT2D eigenvalue weighted by atomic mass is 10.2. The molecule has 1 aliphatic rings. The molecule has 4 N–H and O–H groups in total. The number of nitrogens with two attached hydrogens (primary N) is 1. The van der Waals surface area contributed by atoms with Crippen LogP contribution in [0.15, 0.2) is 29.3 Å². The van der Waals surface area contributed by atoms with Gasteiger partial charge in [0.25, 0.3) is 5.56 Å². The smallest absolute Gasteiger partial charge is 0.277 e. The molecular formula is C17H23N5O2+2. The average Bonchev–Trinajstić information content (AvgIpc) is 3.00. The summed E-state index contributed by atoms with van der Waals surface area (Å²) < 4.78 is 6.99. The lowest BCUT2D eigenvalue weighted by molar-refractivity contribution is -0.947. The van der Waals surface area contributed by atoms with E-state index >= 15 is 0 Å². The van der Waals surface area contributed by atoms with Gasteiger partial charge in [-0.1, -0.05) is 0 Å². The quantitative estimate of drug-likeness (QED) is 0.536. The minimum absolute atomic E-state index is 0.00172. The van der Waals surface area contributed by atoms with Crippen LogP contribution in [0.2, 0.25) is 0 Å². The van der Waals surface area contributed by atoms with Gasteiger partial charge >= 0.3 is 0 Å². The second-order valence-corrected chi connectivity index (χ2v) is 6.37. The number of H-pyrrole nitrogens is 1. The molecule has 3 heterocycles. The summed E-state index contributed by atoms with van der Waals surface area (Å²) in [5.41, 5.74) is 2.19. The molecule has 0 radical (unpaired) electrons. The van der Waals surface area contributed by atoms with Gasteiger partial charge in [-0.05, 0) is 18.2 Å². The molecule has 1 saturated heterocycles. The number of nitrogens with one attached hydrogen (secondary N) is 2. The third-order valence-corrected chi connectivity index (χ3v) is 4.89. The van der Waals surface area contributed by atoms with Gasteiger partial charge < -0.3 is 19.9 Å². The van der Waals surface area contributed by atoms with Gasteiger partial charge in [-0.25, -0.2) is 4.98 Å². The summed E-state index contributed by atoms with van der Waals surface area (Å²) in [4.78, 5) is 22.1. The highest BCUT2D eigenvalue weighted by Crippen LogP contribution is 2.25. The van der Waals surface area contributed by atoms with Crippen LogP contribution >= 0.6 is 0 Å². The summed E-state index contributed by atoms with van der Waals surface area (Å²) in [5, 5.41) is 3.27. The van der Waals surface area contributed by atoms with E-state index in [9.17, 15) is 4.79 Å². The van der Waals surface area contributed by atoms with Crippen molar-refractivity contribution in [3.8, 4) is 5.75 Å². The van der Waals surface area contributed by atoms with Crippen LogP contribution < -0.4 is 20.5 Å². The van der Waals surface area contributed by atoms with Gasteiger partial charge in [-0.2, -0.15) is 0 Å². The van der Waals surface area contributed by atoms with Gasteiger partial charge in [0.1, 0.15) is 43.0 Å². The third kappa shape index (κ3) is 2.65. The minimum Gasteiger partial charge on any atom is -0.497 e. The van der Waals surface area contributed by atoms with Gasteiger partial charge in [0.15, 0.2) is 0 Å². The molecule has 3 aromatic rings. The van der Waals surface area contributed by atoms with Crippen molar-refractivity contribution in [3.63, 3.8) is 0 Å². The van der Waals surface area contributed by atoms with E-state index in [1.165, 1.54) is 13.1 Å². The van der Waals surface area contributed by atoms with Crippen molar-refractivity contribution >= 4 is 21.9 Å². The van der Waals surface area contributed by atoms with Crippen LogP contribution in [0.1, 0.15) is 0 Å².